The lowest BCUT2D eigenvalue weighted by atomic mass is 10.0. The molecular weight excluding hydrogens is 266 g/mol. The summed E-state index contributed by atoms with van der Waals surface area (Å²) in [6.07, 6.45) is 3.22. The number of nitriles is 1. The molecule has 0 bridgehead atoms. The van der Waals surface area contributed by atoms with Crippen molar-refractivity contribution in [3.63, 3.8) is 0 Å². The molecule has 1 aromatic heterocycles. The molecule has 0 unspecified atom stereocenters. The maximum absolute atomic E-state index is 9.45. The molecule has 1 heterocycles. The van der Waals surface area contributed by atoms with Gasteiger partial charge in [-0.05, 0) is 29.8 Å². The van der Waals surface area contributed by atoms with Crippen LogP contribution in [0, 0.1) is 11.3 Å². The van der Waals surface area contributed by atoms with Gasteiger partial charge in [0.15, 0.2) is 0 Å². The molecule has 0 amide bonds. The van der Waals surface area contributed by atoms with Gasteiger partial charge in [-0.1, -0.05) is 6.07 Å². The summed E-state index contributed by atoms with van der Waals surface area (Å²) >= 11 is 0. The topological polar surface area (TPSA) is 81.2 Å². The zero-order chi connectivity index (χ0) is 15.2. The number of allylic oxidation sites excluding steroid dienone is 1. The summed E-state index contributed by atoms with van der Waals surface area (Å²) < 4.78 is 10.6. The summed E-state index contributed by atoms with van der Waals surface area (Å²) in [5.74, 6) is 1.10. The Labute approximate surface area is 123 Å². The predicted octanol–water partition coefficient (Wildman–Crippen LogP) is 2.45. The molecule has 106 valence electrons. The van der Waals surface area contributed by atoms with Crippen molar-refractivity contribution >= 4 is 11.3 Å². The van der Waals surface area contributed by atoms with E-state index >= 15 is 0 Å². The summed E-state index contributed by atoms with van der Waals surface area (Å²) in [5, 5.41) is 9.45. The monoisotopic (exact) mass is 281 g/mol. The number of pyridine rings is 1. The number of hydrogen-bond donors (Lipinski definition) is 1. The lowest BCUT2D eigenvalue weighted by Crippen LogP contribution is -2.05. The first-order valence-electron chi connectivity index (χ1n) is 6.24. The van der Waals surface area contributed by atoms with Crippen molar-refractivity contribution in [3.05, 3.63) is 53.9 Å². The van der Waals surface area contributed by atoms with Gasteiger partial charge >= 0.3 is 0 Å². The molecule has 0 radical (unpaired) electrons. The third-order valence-corrected chi connectivity index (χ3v) is 3.05. The molecule has 0 saturated heterocycles. The Kier molecular flexibility index (Phi) is 4.42. The number of nitrogens with two attached hydrogens (primary N) is 1. The third kappa shape index (κ3) is 2.79. The van der Waals surface area contributed by atoms with E-state index in [2.05, 4.69) is 11.1 Å². The number of hydrogen-bond acceptors (Lipinski definition) is 5. The maximum Gasteiger partial charge on any atom is 0.131 e. The van der Waals surface area contributed by atoms with E-state index in [9.17, 15) is 5.26 Å². The molecule has 0 spiro atoms. The van der Waals surface area contributed by atoms with E-state index in [4.69, 9.17) is 15.2 Å². The quantitative estimate of drug-likeness (QED) is 0.870. The van der Waals surface area contributed by atoms with Crippen LogP contribution in [0.25, 0.3) is 11.3 Å². The van der Waals surface area contributed by atoms with E-state index in [1.165, 1.54) is 0 Å². The van der Waals surface area contributed by atoms with Crippen LogP contribution in [-0.2, 0) is 0 Å². The van der Waals surface area contributed by atoms with Gasteiger partial charge in [0.05, 0.1) is 31.1 Å². The zero-order valence-corrected chi connectivity index (χ0v) is 11.8. The standard InChI is InChI=1S/C16H15N3O2/c1-20-13-4-3-5-14(21-2)15(13)16(18)12(10-17)11-6-8-19-9-7-11/h3-9H,18H2,1-2H3/b16-12+. The van der Waals surface area contributed by atoms with Crippen LogP contribution in [-0.4, -0.2) is 19.2 Å². The van der Waals surface area contributed by atoms with Gasteiger partial charge < -0.3 is 15.2 Å². The Morgan fingerprint density at radius 2 is 1.67 bits per heavy atom. The Hall–Kier alpha value is -3.00. The fourth-order valence-corrected chi connectivity index (χ4v) is 2.04. The number of ether oxygens (including phenoxy) is 2. The summed E-state index contributed by atoms with van der Waals surface area (Å²) in [5.41, 5.74) is 8.12. The average molecular weight is 281 g/mol. The minimum absolute atomic E-state index is 0.304. The van der Waals surface area contributed by atoms with Crippen molar-refractivity contribution in [3.8, 4) is 17.6 Å². The number of nitrogens with zero attached hydrogens (tertiary/aromatic N) is 2. The lowest BCUT2D eigenvalue weighted by molar-refractivity contribution is 0.392. The van der Waals surface area contributed by atoms with Gasteiger partial charge in [0, 0.05) is 12.4 Å². The van der Waals surface area contributed by atoms with E-state index in [-0.39, 0.29) is 0 Å². The van der Waals surface area contributed by atoms with Crippen molar-refractivity contribution in [1.29, 1.82) is 5.26 Å². The summed E-state index contributed by atoms with van der Waals surface area (Å²) in [4.78, 5) is 3.94. The van der Waals surface area contributed by atoms with E-state index < -0.39 is 0 Å². The molecule has 0 saturated carbocycles. The van der Waals surface area contributed by atoms with Crippen LogP contribution in [0.15, 0.2) is 42.7 Å². The van der Waals surface area contributed by atoms with Crippen LogP contribution in [0.5, 0.6) is 11.5 Å². The van der Waals surface area contributed by atoms with E-state index in [1.807, 2.05) is 0 Å². The molecule has 1 aromatic carbocycles. The second-order valence-corrected chi connectivity index (χ2v) is 4.17. The maximum atomic E-state index is 9.45. The summed E-state index contributed by atoms with van der Waals surface area (Å²) in [7, 11) is 3.09. The first-order chi connectivity index (χ1) is 10.2. The van der Waals surface area contributed by atoms with Crippen LogP contribution in [0.2, 0.25) is 0 Å². The summed E-state index contributed by atoms with van der Waals surface area (Å²) in [6, 6.07) is 10.9. The highest BCUT2D eigenvalue weighted by molar-refractivity contribution is 5.98. The molecule has 2 aromatic rings. The number of methoxy groups -OCH3 is 2. The molecule has 0 fully saturated rings. The van der Waals surface area contributed by atoms with Crippen molar-refractivity contribution in [1.82, 2.24) is 4.98 Å². The molecule has 0 aliphatic rings. The third-order valence-electron chi connectivity index (χ3n) is 3.05. The van der Waals surface area contributed by atoms with E-state index in [0.717, 1.165) is 0 Å². The first-order valence-corrected chi connectivity index (χ1v) is 6.24. The minimum Gasteiger partial charge on any atom is -0.496 e. The van der Waals surface area contributed by atoms with Crippen molar-refractivity contribution in [2.24, 2.45) is 5.73 Å². The molecular formula is C16H15N3O2. The van der Waals surface area contributed by atoms with Gasteiger partial charge in [0.25, 0.3) is 0 Å². The normalized spacial score (nSPS) is 11.3. The smallest absolute Gasteiger partial charge is 0.131 e. The van der Waals surface area contributed by atoms with Crippen LogP contribution in [0.4, 0.5) is 0 Å². The van der Waals surface area contributed by atoms with Gasteiger partial charge in [-0.15, -0.1) is 0 Å². The second kappa shape index (κ2) is 6.44. The summed E-state index contributed by atoms with van der Waals surface area (Å²) in [6.45, 7) is 0. The van der Waals surface area contributed by atoms with Crippen LogP contribution in [0.3, 0.4) is 0 Å². The fraction of sp³-hybridized carbons (Fsp3) is 0.125. The largest absolute Gasteiger partial charge is 0.496 e. The van der Waals surface area contributed by atoms with Gasteiger partial charge in [-0.3, -0.25) is 4.98 Å². The minimum atomic E-state index is 0.304. The fourth-order valence-electron chi connectivity index (χ4n) is 2.04. The van der Waals surface area contributed by atoms with Crippen LogP contribution in [0.1, 0.15) is 11.1 Å². The van der Waals surface area contributed by atoms with Gasteiger partial charge in [-0.2, -0.15) is 5.26 Å². The lowest BCUT2D eigenvalue weighted by Gasteiger charge is -2.14. The highest BCUT2D eigenvalue weighted by Crippen LogP contribution is 2.35. The van der Waals surface area contributed by atoms with Gasteiger partial charge in [0.2, 0.25) is 0 Å². The number of rotatable bonds is 4. The Bertz CT molecular complexity index is 681. The molecule has 0 aliphatic carbocycles. The number of benzene rings is 1. The average Bonchev–Trinajstić information content (AvgIpc) is 2.55. The predicted molar refractivity (Wildman–Crippen MR) is 80.4 cm³/mol. The number of aromatic nitrogens is 1. The Balaban J connectivity index is 2.70. The molecule has 0 atom stereocenters. The Morgan fingerprint density at radius 1 is 1.10 bits per heavy atom. The molecule has 0 aliphatic heterocycles. The van der Waals surface area contributed by atoms with E-state index in [1.54, 1.807) is 56.9 Å². The van der Waals surface area contributed by atoms with Crippen LogP contribution < -0.4 is 15.2 Å². The highest BCUT2D eigenvalue weighted by atomic mass is 16.5. The second-order valence-electron chi connectivity index (χ2n) is 4.17. The van der Waals surface area contributed by atoms with Crippen molar-refractivity contribution in [2.45, 2.75) is 0 Å². The molecule has 21 heavy (non-hydrogen) atoms. The zero-order valence-electron chi connectivity index (χ0n) is 11.8. The van der Waals surface area contributed by atoms with Crippen LogP contribution >= 0.6 is 0 Å². The molecule has 5 nitrogen and oxygen atoms in total. The van der Waals surface area contributed by atoms with Gasteiger partial charge in [0.1, 0.15) is 17.6 Å². The van der Waals surface area contributed by atoms with Crippen molar-refractivity contribution < 1.29 is 9.47 Å². The molecule has 5 heteroatoms. The SMILES string of the molecule is COc1cccc(OC)c1/C(N)=C(/C#N)c1ccncc1. The molecule has 2 rings (SSSR count). The highest BCUT2D eigenvalue weighted by Gasteiger charge is 2.17. The van der Waals surface area contributed by atoms with Crippen molar-refractivity contribution in [2.75, 3.05) is 14.2 Å². The Morgan fingerprint density at radius 3 is 2.14 bits per heavy atom. The first kappa shape index (κ1) is 14.4. The van der Waals surface area contributed by atoms with Gasteiger partial charge in [-0.25, -0.2) is 0 Å². The molecule has 2 N–H and O–H groups in total. The van der Waals surface area contributed by atoms with E-state index in [0.29, 0.717) is 33.9 Å².